The summed E-state index contributed by atoms with van der Waals surface area (Å²) in [5, 5.41) is 16.2. The molecule has 5 aromatic rings. The van der Waals surface area contributed by atoms with Gasteiger partial charge in [0.25, 0.3) is 0 Å². The average Bonchev–Trinajstić information content (AvgIpc) is 3.60. The summed E-state index contributed by atoms with van der Waals surface area (Å²) in [6.45, 7) is 2.39. The molecular formula is C41H44N4O6S. The van der Waals surface area contributed by atoms with Gasteiger partial charge < -0.3 is 34.5 Å². The fraction of sp³-hybridized carbons (Fsp3) is 0.293. The number of carbonyl (C=O) groups is 2. The fourth-order valence-electron chi connectivity index (χ4n) is 6.30. The van der Waals surface area contributed by atoms with Crippen molar-refractivity contribution in [2.75, 3.05) is 12.9 Å². The summed E-state index contributed by atoms with van der Waals surface area (Å²) < 4.78 is 20.2. The third-order valence-electron chi connectivity index (χ3n) is 9.30. The van der Waals surface area contributed by atoms with E-state index < -0.39 is 24.3 Å². The zero-order chi connectivity index (χ0) is 36.5. The molecule has 4 aromatic carbocycles. The molecule has 10 nitrogen and oxygen atoms in total. The van der Waals surface area contributed by atoms with Crippen LogP contribution in [0.15, 0.2) is 121 Å². The Morgan fingerprint density at radius 2 is 1.63 bits per heavy atom. The molecule has 0 saturated carbocycles. The normalized spacial score (nSPS) is 19.1. The van der Waals surface area contributed by atoms with Crippen molar-refractivity contribution in [1.82, 2.24) is 20.2 Å². The number of rotatable bonds is 13. The molecule has 1 fully saturated rings. The molecule has 1 saturated heterocycles. The average molecular weight is 721 g/mol. The number of carbonyl (C=O) groups excluding carboxylic acids is 2. The number of imidazole rings is 1. The fourth-order valence-corrected chi connectivity index (χ4v) is 7.40. The number of aliphatic hydroxyl groups excluding tert-OH is 1. The van der Waals surface area contributed by atoms with Gasteiger partial charge in [-0.25, -0.2) is 14.6 Å². The maximum Gasteiger partial charge on any atom is 0.328 e. The van der Waals surface area contributed by atoms with E-state index in [4.69, 9.17) is 14.2 Å². The third kappa shape index (κ3) is 9.10. The molecule has 2 amide bonds. The number of thioether (sulfide) groups is 1. The second-order valence-electron chi connectivity index (χ2n) is 12.8. The number of benzene rings is 4. The van der Waals surface area contributed by atoms with Gasteiger partial charge in [-0.2, -0.15) is 0 Å². The molecular weight excluding hydrogens is 677 g/mol. The number of aryl methyl sites for hydroxylation is 1. The van der Waals surface area contributed by atoms with Crippen LogP contribution in [0.2, 0.25) is 0 Å². The maximum atomic E-state index is 13.0. The lowest BCUT2D eigenvalue weighted by Gasteiger charge is -2.41. The molecule has 11 heteroatoms. The van der Waals surface area contributed by atoms with Crippen LogP contribution in [0.3, 0.4) is 0 Å². The smallest absolute Gasteiger partial charge is 0.328 e. The predicted molar refractivity (Wildman–Crippen MR) is 200 cm³/mol. The highest BCUT2D eigenvalue weighted by Gasteiger charge is 2.38. The molecule has 1 aliphatic heterocycles. The monoisotopic (exact) mass is 720 g/mol. The van der Waals surface area contributed by atoms with Crippen LogP contribution in [-0.2, 0) is 45.6 Å². The number of hydrogen-bond donors (Lipinski definition) is 3. The maximum absolute atomic E-state index is 13.0. The van der Waals surface area contributed by atoms with Crippen molar-refractivity contribution in [2.24, 2.45) is 13.0 Å². The predicted octanol–water partition coefficient (Wildman–Crippen LogP) is 6.75. The standard InChI is InChI=1S/C41H44N4O6S/c1-27-36(26-52-41-42-21-22-45(41)2)50-39(51-37(27)31-15-13-29(25-46)14-16-31)32-19-17-30(18-20-32)34-12-8-7-11-33(34)24-43-40(48)44-35(38(47)49-3)23-28-9-5-4-6-10-28/h4-22,27,35-37,39,46H,23-26H2,1-3H3,(H2,43,44,48)/t27-,35+,36+,37+,39+/m1/s1. The molecule has 3 N–H and O–H groups in total. The molecule has 6 rings (SSSR count). The Balaban J connectivity index is 1.15. The van der Waals surface area contributed by atoms with E-state index in [0.29, 0.717) is 12.2 Å². The summed E-state index contributed by atoms with van der Waals surface area (Å²) in [5.74, 6) is 0.251. The molecule has 0 spiro atoms. The number of amides is 2. The van der Waals surface area contributed by atoms with E-state index in [1.54, 1.807) is 18.0 Å². The minimum atomic E-state index is -0.824. The number of esters is 1. The number of urea groups is 1. The molecule has 2 heterocycles. The van der Waals surface area contributed by atoms with E-state index >= 15 is 0 Å². The Bertz CT molecular complexity index is 1920. The first-order chi connectivity index (χ1) is 25.3. The second kappa shape index (κ2) is 17.5. The molecule has 270 valence electrons. The van der Waals surface area contributed by atoms with Crippen LogP contribution in [0.4, 0.5) is 4.79 Å². The molecule has 1 aromatic heterocycles. The van der Waals surface area contributed by atoms with E-state index in [9.17, 15) is 14.7 Å². The Kier molecular flexibility index (Phi) is 12.4. The van der Waals surface area contributed by atoms with Gasteiger partial charge in [0.15, 0.2) is 11.4 Å². The molecule has 1 aliphatic rings. The summed E-state index contributed by atoms with van der Waals surface area (Å²) in [4.78, 5) is 29.9. The Morgan fingerprint density at radius 3 is 2.33 bits per heavy atom. The lowest BCUT2D eigenvalue weighted by Crippen LogP contribution is -2.47. The number of methoxy groups -OCH3 is 1. The Morgan fingerprint density at radius 1 is 0.923 bits per heavy atom. The van der Waals surface area contributed by atoms with Crippen molar-refractivity contribution >= 4 is 23.8 Å². The van der Waals surface area contributed by atoms with Crippen molar-refractivity contribution in [3.05, 3.63) is 143 Å². The van der Waals surface area contributed by atoms with Crippen LogP contribution in [0.1, 0.15) is 47.1 Å². The van der Waals surface area contributed by atoms with E-state index in [1.165, 1.54) is 7.11 Å². The number of ether oxygens (including phenoxy) is 3. The minimum Gasteiger partial charge on any atom is -0.467 e. The molecule has 52 heavy (non-hydrogen) atoms. The van der Waals surface area contributed by atoms with Gasteiger partial charge in [0, 0.05) is 49.6 Å². The van der Waals surface area contributed by atoms with E-state index in [1.807, 2.05) is 121 Å². The molecule has 0 bridgehead atoms. The van der Waals surface area contributed by atoms with Gasteiger partial charge in [0.2, 0.25) is 0 Å². The lowest BCUT2D eigenvalue weighted by atomic mass is 9.91. The highest BCUT2D eigenvalue weighted by atomic mass is 32.2. The minimum absolute atomic E-state index is 0.0145. The first-order valence-corrected chi connectivity index (χ1v) is 18.3. The number of aliphatic hydroxyl groups is 1. The van der Waals surface area contributed by atoms with Crippen LogP contribution in [0.5, 0.6) is 0 Å². The summed E-state index contributed by atoms with van der Waals surface area (Å²) >= 11 is 1.66. The van der Waals surface area contributed by atoms with Crippen molar-refractivity contribution in [3.63, 3.8) is 0 Å². The van der Waals surface area contributed by atoms with Crippen molar-refractivity contribution in [1.29, 1.82) is 0 Å². The second-order valence-corrected chi connectivity index (χ2v) is 13.8. The quantitative estimate of drug-likeness (QED) is 0.0903. The van der Waals surface area contributed by atoms with Crippen LogP contribution < -0.4 is 10.6 Å². The van der Waals surface area contributed by atoms with Crippen LogP contribution in [0, 0.1) is 5.92 Å². The zero-order valence-electron chi connectivity index (χ0n) is 29.5. The van der Waals surface area contributed by atoms with Crippen LogP contribution >= 0.6 is 11.8 Å². The Hall–Kier alpha value is -4.94. The molecule has 5 atom stereocenters. The zero-order valence-corrected chi connectivity index (χ0v) is 30.3. The van der Waals surface area contributed by atoms with E-state index in [0.717, 1.165) is 44.1 Å². The number of nitrogens with one attached hydrogen (secondary N) is 2. The van der Waals surface area contributed by atoms with E-state index in [2.05, 4.69) is 22.5 Å². The highest BCUT2D eigenvalue weighted by Crippen LogP contribution is 2.43. The van der Waals surface area contributed by atoms with Gasteiger partial charge in [0.05, 0.1) is 25.9 Å². The largest absolute Gasteiger partial charge is 0.467 e. The topological polar surface area (TPSA) is 124 Å². The van der Waals surface area contributed by atoms with Crippen molar-refractivity contribution in [3.8, 4) is 11.1 Å². The van der Waals surface area contributed by atoms with Crippen LogP contribution in [-0.4, -0.2) is 51.7 Å². The van der Waals surface area contributed by atoms with Crippen LogP contribution in [0.25, 0.3) is 11.1 Å². The van der Waals surface area contributed by atoms with Gasteiger partial charge in [0.1, 0.15) is 6.04 Å². The molecule has 0 aliphatic carbocycles. The number of nitrogens with zero attached hydrogens (tertiary/aromatic N) is 2. The summed E-state index contributed by atoms with van der Waals surface area (Å²) in [7, 11) is 3.29. The first kappa shape index (κ1) is 36.8. The molecule has 0 unspecified atom stereocenters. The highest BCUT2D eigenvalue weighted by molar-refractivity contribution is 7.99. The lowest BCUT2D eigenvalue weighted by molar-refractivity contribution is -0.268. The summed E-state index contributed by atoms with van der Waals surface area (Å²) in [5.41, 5.74) is 6.54. The molecule has 0 radical (unpaired) electrons. The van der Waals surface area contributed by atoms with Gasteiger partial charge in [-0.05, 0) is 33.4 Å². The van der Waals surface area contributed by atoms with Gasteiger partial charge in [-0.3, -0.25) is 0 Å². The Labute approximate surface area is 308 Å². The summed E-state index contributed by atoms with van der Waals surface area (Å²) in [6, 6.07) is 32.1. The van der Waals surface area contributed by atoms with Gasteiger partial charge in [-0.1, -0.05) is 122 Å². The third-order valence-corrected chi connectivity index (χ3v) is 10.4. The summed E-state index contributed by atoms with van der Waals surface area (Å²) in [6.07, 6.45) is 3.11. The van der Waals surface area contributed by atoms with Crippen molar-refractivity contribution < 1.29 is 28.9 Å². The van der Waals surface area contributed by atoms with Gasteiger partial charge in [-0.15, -0.1) is 0 Å². The van der Waals surface area contributed by atoms with E-state index in [-0.39, 0.29) is 31.3 Å². The number of hydrogen-bond acceptors (Lipinski definition) is 8. The first-order valence-electron chi connectivity index (χ1n) is 17.3. The van der Waals surface area contributed by atoms with Crippen molar-refractivity contribution in [2.45, 2.75) is 56.2 Å². The number of aromatic nitrogens is 2. The van der Waals surface area contributed by atoms with Gasteiger partial charge >= 0.3 is 12.0 Å². The SMILES string of the molecule is COC(=O)[C@H](Cc1ccccc1)NC(=O)NCc1ccccc1-c1ccc([C@H]2O[C@@H](CSc3nccn3C)[C@@H](C)[C@@H](c3ccc(CO)cc3)O2)cc1.